The van der Waals surface area contributed by atoms with E-state index in [-0.39, 0.29) is 6.61 Å². The van der Waals surface area contributed by atoms with Crippen LogP contribution in [0.15, 0.2) is 29.8 Å². The molecule has 1 N–H and O–H groups in total. The van der Waals surface area contributed by atoms with Crippen LogP contribution in [-0.4, -0.2) is 19.7 Å². The third-order valence-corrected chi connectivity index (χ3v) is 2.44. The smallest absolute Gasteiger partial charge is 0.174 e. The van der Waals surface area contributed by atoms with Gasteiger partial charge in [0.1, 0.15) is 11.8 Å². The molecule has 96 valence electrons. The highest BCUT2D eigenvalue weighted by Crippen LogP contribution is 2.20. The predicted octanol–water partition coefficient (Wildman–Crippen LogP) is 2.99. The first-order valence-corrected chi connectivity index (χ1v) is 6.24. The normalized spacial score (nSPS) is 11.1. The maximum Gasteiger partial charge on any atom is 0.174 e. The second-order valence-corrected chi connectivity index (χ2v) is 4.15. The van der Waals surface area contributed by atoms with Crippen molar-refractivity contribution in [3.63, 3.8) is 0 Å². The summed E-state index contributed by atoms with van der Waals surface area (Å²) in [6, 6.07) is 9.75. The zero-order chi connectivity index (χ0) is 13.2. The summed E-state index contributed by atoms with van der Waals surface area (Å²) in [4.78, 5) is 0. The molecule has 3 heteroatoms. The minimum absolute atomic E-state index is 0.0813. The van der Waals surface area contributed by atoms with Gasteiger partial charge in [0, 0.05) is 12.1 Å². The summed E-state index contributed by atoms with van der Waals surface area (Å²) in [5, 5.41) is 11.9. The zero-order valence-corrected chi connectivity index (χ0v) is 11.1. The van der Waals surface area contributed by atoms with Gasteiger partial charge in [0.25, 0.3) is 0 Å². The Morgan fingerprint density at radius 1 is 1.44 bits per heavy atom. The first-order valence-electron chi connectivity index (χ1n) is 6.24. The van der Waals surface area contributed by atoms with Crippen LogP contribution in [0.3, 0.4) is 0 Å². The Balaban J connectivity index is 2.70. The lowest BCUT2D eigenvalue weighted by Gasteiger charge is -2.08. The number of rotatable bonds is 7. The van der Waals surface area contributed by atoms with Crippen molar-refractivity contribution in [2.75, 3.05) is 19.7 Å². The average Bonchev–Trinajstić information content (AvgIpc) is 2.38. The lowest BCUT2D eigenvalue weighted by Crippen LogP contribution is -2.16. The molecule has 0 saturated carbocycles. The molecule has 18 heavy (non-hydrogen) atoms. The van der Waals surface area contributed by atoms with Crippen LogP contribution in [0.2, 0.25) is 0 Å². The van der Waals surface area contributed by atoms with Gasteiger partial charge in [-0.2, -0.15) is 5.26 Å². The highest BCUT2D eigenvalue weighted by atomic mass is 16.5. The van der Waals surface area contributed by atoms with Gasteiger partial charge in [0.2, 0.25) is 0 Å². The largest absolute Gasteiger partial charge is 0.478 e. The number of nitrogens with one attached hydrogen (secondary N) is 1. The molecular formula is C15H20N2O. The van der Waals surface area contributed by atoms with Gasteiger partial charge in [-0.1, -0.05) is 36.8 Å². The molecule has 0 aromatic heterocycles. The molecule has 0 saturated heterocycles. The van der Waals surface area contributed by atoms with Crippen LogP contribution in [0.4, 0.5) is 0 Å². The highest BCUT2D eigenvalue weighted by molar-refractivity contribution is 5.59. The second-order valence-electron chi connectivity index (χ2n) is 4.15. The van der Waals surface area contributed by atoms with Gasteiger partial charge in [-0.3, -0.25) is 0 Å². The Morgan fingerprint density at radius 2 is 2.22 bits per heavy atom. The van der Waals surface area contributed by atoms with Crippen molar-refractivity contribution < 1.29 is 4.74 Å². The molecule has 3 nitrogen and oxygen atoms in total. The molecule has 0 radical (unpaired) electrons. The lowest BCUT2D eigenvalue weighted by atomic mass is 10.1. The molecule has 0 fully saturated rings. The van der Waals surface area contributed by atoms with Crippen LogP contribution in [-0.2, 0) is 0 Å². The van der Waals surface area contributed by atoms with E-state index < -0.39 is 0 Å². The molecule has 0 heterocycles. The van der Waals surface area contributed by atoms with E-state index >= 15 is 0 Å². The lowest BCUT2D eigenvalue weighted by molar-refractivity contribution is 0.367. The first kappa shape index (κ1) is 14.3. The Labute approximate surface area is 109 Å². The van der Waals surface area contributed by atoms with E-state index in [1.165, 1.54) is 5.57 Å². The van der Waals surface area contributed by atoms with Crippen molar-refractivity contribution in [1.82, 2.24) is 5.32 Å². The quantitative estimate of drug-likeness (QED) is 0.750. The van der Waals surface area contributed by atoms with E-state index in [4.69, 9.17) is 10.00 Å². The minimum atomic E-state index is 0.0813. The molecule has 0 aliphatic carbocycles. The van der Waals surface area contributed by atoms with Crippen LogP contribution in [0.25, 0.3) is 6.08 Å². The highest BCUT2D eigenvalue weighted by Gasteiger charge is 2.00. The molecule has 1 aromatic carbocycles. The van der Waals surface area contributed by atoms with Gasteiger partial charge in [-0.05, 0) is 26.0 Å². The van der Waals surface area contributed by atoms with Crippen molar-refractivity contribution in [1.29, 1.82) is 5.26 Å². The van der Waals surface area contributed by atoms with E-state index in [0.29, 0.717) is 0 Å². The van der Waals surface area contributed by atoms with E-state index in [2.05, 4.69) is 25.2 Å². The summed E-state index contributed by atoms with van der Waals surface area (Å²) in [6.45, 7) is 6.22. The summed E-state index contributed by atoms with van der Waals surface area (Å²) in [7, 11) is 0. The molecule has 0 atom stereocenters. The van der Waals surface area contributed by atoms with Gasteiger partial charge in [0.15, 0.2) is 6.61 Å². The third kappa shape index (κ3) is 5.03. The number of benzene rings is 1. The fourth-order valence-electron chi connectivity index (χ4n) is 1.62. The van der Waals surface area contributed by atoms with Crippen molar-refractivity contribution in [3.05, 3.63) is 35.4 Å². The topological polar surface area (TPSA) is 45.0 Å². The number of hydrogen-bond donors (Lipinski definition) is 1. The van der Waals surface area contributed by atoms with E-state index in [1.54, 1.807) is 0 Å². The summed E-state index contributed by atoms with van der Waals surface area (Å²) >= 11 is 0. The van der Waals surface area contributed by atoms with E-state index in [1.807, 2.05) is 30.3 Å². The average molecular weight is 244 g/mol. The second kappa shape index (κ2) is 8.32. The van der Waals surface area contributed by atoms with Gasteiger partial charge >= 0.3 is 0 Å². The predicted molar refractivity (Wildman–Crippen MR) is 74.4 cm³/mol. The summed E-state index contributed by atoms with van der Waals surface area (Å²) < 4.78 is 5.39. The molecule has 0 spiro atoms. The van der Waals surface area contributed by atoms with Crippen LogP contribution in [0.1, 0.15) is 25.8 Å². The molecule has 0 amide bonds. The number of para-hydroxylation sites is 1. The molecular weight excluding hydrogens is 224 g/mol. The number of nitriles is 1. The summed E-state index contributed by atoms with van der Waals surface area (Å²) in [6.07, 6.45) is 3.23. The number of nitrogens with zero attached hydrogens (tertiary/aromatic N) is 1. The first-order chi connectivity index (χ1) is 8.77. The van der Waals surface area contributed by atoms with E-state index in [9.17, 15) is 0 Å². The van der Waals surface area contributed by atoms with Crippen LogP contribution < -0.4 is 10.1 Å². The van der Waals surface area contributed by atoms with Crippen molar-refractivity contribution in [3.8, 4) is 11.8 Å². The monoisotopic (exact) mass is 244 g/mol. The molecule has 1 aromatic rings. The van der Waals surface area contributed by atoms with Crippen LogP contribution >= 0.6 is 0 Å². The Hall–Kier alpha value is -1.79. The molecule has 0 aliphatic heterocycles. The van der Waals surface area contributed by atoms with Crippen molar-refractivity contribution in [2.45, 2.75) is 20.3 Å². The Morgan fingerprint density at radius 3 is 2.94 bits per heavy atom. The Bertz CT molecular complexity index is 432. The summed E-state index contributed by atoms with van der Waals surface area (Å²) in [5.41, 5.74) is 2.26. The summed E-state index contributed by atoms with van der Waals surface area (Å²) in [5.74, 6) is 0.758. The molecule has 0 bridgehead atoms. The van der Waals surface area contributed by atoms with Gasteiger partial charge in [0.05, 0.1) is 0 Å². The number of hydrogen-bond acceptors (Lipinski definition) is 3. The Kier molecular flexibility index (Phi) is 6.60. The molecule has 0 unspecified atom stereocenters. The maximum atomic E-state index is 8.54. The van der Waals surface area contributed by atoms with E-state index in [0.717, 1.165) is 30.8 Å². The van der Waals surface area contributed by atoms with Gasteiger partial charge in [-0.25, -0.2) is 0 Å². The zero-order valence-electron chi connectivity index (χ0n) is 11.1. The third-order valence-electron chi connectivity index (χ3n) is 2.44. The molecule has 1 rings (SSSR count). The minimum Gasteiger partial charge on any atom is -0.478 e. The fourth-order valence-corrected chi connectivity index (χ4v) is 1.62. The van der Waals surface area contributed by atoms with Crippen LogP contribution in [0, 0.1) is 11.3 Å². The standard InChI is InChI=1S/C15H20N2O/c1-3-9-17-12-13(2)11-14-6-4-5-7-15(14)18-10-8-16/h4-7,11,17H,3,9-10,12H2,1-2H3. The maximum absolute atomic E-state index is 8.54. The van der Waals surface area contributed by atoms with Crippen LogP contribution in [0.5, 0.6) is 5.75 Å². The van der Waals surface area contributed by atoms with Gasteiger partial charge in [-0.15, -0.1) is 0 Å². The van der Waals surface area contributed by atoms with Crippen molar-refractivity contribution >= 4 is 6.08 Å². The van der Waals surface area contributed by atoms with Gasteiger partial charge < -0.3 is 10.1 Å². The van der Waals surface area contributed by atoms with Crippen molar-refractivity contribution in [2.24, 2.45) is 0 Å². The SMILES string of the molecule is CCCNCC(C)=Cc1ccccc1OCC#N. The molecule has 0 aliphatic rings. The number of ether oxygens (including phenoxy) is 1. The fraction of sp³-hybridized carbons (Fsp3) is 0.400.